The van der Waals surface area contributed by atoms with E-state index in [-0.39, 0.29) is 0 Å². The molecule has 2 aromatic heterocycles. The lowest BCUT2D eigenvalue weighted by molar-refractivity contribution is 0.393. The number of thioether (sulfide) groups is 1. The average Bonchev–Trinajstić information content (AvgIpc) is 2.93. The first-order valence-corrected chi connectivity index (χ1v) is 8.54. The first kappa shape index (κ1) is 13.2. The van der Waals surface area contributed by atoms with Crippen molar-refractivity contribution in [2.75, 3.05) is 18.0 Å². The summed E-state index contributed by atoms with van der Waals surface area (Å²) in [6.07, 6.45) is 5.02. The Balaban J connectivity index is 1.54. The average molecular weight is 305 g/mol. The Hall–Kier alpha value is -1.50. The lowest BCUT2D eigenvalue weighted by atomic mass is 10.4. The quantitative estimate of drug-likeness (QED) is 0.792. The maximum atomic E-state index is 5.12. The van der Waals surface area contributed by atoms with Gasteiger partial charge in [-0.15, -0.1) is 10.2 Å². The molecule has 0 amide bonds. The van der Waals surface area contributed by atoms with Crippen LogP contribution in [0.4, 0.5) is 5.95 Å². The van der Waals surface area contributed by atoms with Gasteiger partial charge in [0.2, 0.25) is 5.95 Å². The predicted octanol–water partition coefficient (Wildman–Crippen LogP) is 2.80. The van der Waals surface area contributed by atoms with Crippen LogP contribution in [0, 0.1) is 6.92 Å². The van der Waals surface area contributed by atoms with E-state index >= 15 is 0 Å². The van der Waals surface area contributed by atoms with Crippen molar-refractivity contribution in [1.29, 1.82) is 0 Å². The summed E-state index contributed by atoms with van der Waals surface area (Å²) in [5.74, 6) is 2.70. The van der Waals surface area contributed by atoms with Crippen molar-refractivity contribution in [3.8, 4) is 0 Å². The van der Waals surface area contributed by atoms with E-state index in [2.05, 4.69) is 24.8 Å². The molecule has 0 unspecified atom stereocenters. The maximum absolute atomic E-state index is 5.12. The third kappa shape index (κ3) is 2.66. The second-order valence-corrected chi connectivity index (χ2v) is 6.74. The van der Waals surface area contributed by atoms with E-state index in [1.165, 1.54) is 25.7 Å². The van der Waals surface area contributed by atoms with Gasteiger partial charge in [-0.3, -0.25) is 4.57 Å². The number of nitrogens with zero attached hydrogens (tertiary/aromatic N) is 5. The first-order chi connectivity index (χ1) is 10.3. The van der Waals surface area contributed by atoms with Crippen molar-refractivity contribution in [3.05, 3.63) is 17.5 Å². The van der Waals surface area contributed by atoms with E-state index in [0.29, 0.717) is 6.04 Å². The Bertz CT molecular complexity index is 627. The van der Waals surface area contributed by atoms with Gasteiger partial charge in [-0.25, -0.2) is 0 Å². The third-order valence-corrected chi connectivity index (χ3v) is 4.95. The van der Waals surface area contributed by atoms with Crippen LogP contribution in [-0.2, 0) is 5.75 Å². The fraction of sp³-hybridized carbons (Fsp3) is 0.643. The van der Waals surface area contributed by atoms with Crippen LogP contribution in [0.3, 0.4) is 0 Å². The van der Waals surface area contributed by atoms with Gasteiger partial charge in [-0.05, 0) is 32.6 Å². The maximum Gasteiger partial charge on any atom is 0.228 e. The molecule has 3 heterocycles. The Morgan fingerprint density at radius 3 is 2.76 bits per heavy atom. The number of aromatic nitrogens is 4. The molecule has 2 aliphatic rings. The van der Waals surface area contributed by atoms with Crippen LogP contribution in [0.25, 0.3) is 0 Å². The summed E-state index contributed by atoms with van der Waals surface area (Å²) < 4.78 is 7.45. The fourth-order valence-electron chi connectivity index (χ4n) is 2.78. The van der Waals surface area contributed by atoms with E-state index in [4.69, 9.17) is 4.52 Å². The largest absolute Gasteiger partial charge is 0.361 e. The number of anilines is 1. The first-order valence-electron chi connectivity index (χ1n) is 7.56. The molecule has 0 N–H and O–H groups in total. The molecular weight excluding hydrogens is 286 g/mol. The van der Waals surface area contributed by atoms with E-state index in [9.17, 15) is 0 Å². The Kier molecular flexibility index (Phi) is 3.37. The van der Waals surface area contributed by atoms with Gasteiger partial charge in [0.25, 0.3) is 0 Å². The molecule has 7 heteroatoms. The van der Waals surface area contributed by atoms with Crippen LogP contribution in [0.2, 0.25) is 0 Å². The summed E-state index contributed by atoms with van der Waals surface area (Å²) in [7, 11) is 0. The molecule has 0 atom stereocenters. The molecule has 21 heavy (non-hydrogen) atoms. The highest BCUT2D eigenvalue weighted by Crippen LogP contribution is 2.41. The number of hydrogen-bond donors (Lipinski definition) is 0. The summed E-state index contributed by atoms with van der Waals surface area (Å²) in [6.45, 7) is 4.13. The van der Waals surface area contributed by atoms with Crippen LogP contribution >= 0.6 is 11.8 Å². The topological polar surface area (TPSA) is 60.0 Å². The molecule has 0 radical (unpaired) electrons. The van der Waals surface area contributed by atoms with Gasteiger partial charge in [0.15, 0.2) is 5.16 Å². The van der Waals surface area contributed by atoms with E-state index < -0.39 is 0 Å². The van der Waals surface area contributed by atoms with Crippen LogP contribution < -0.4 is 4.90 Å². The van der Waals surface area contributed by atoms with Crippen molar-refractivity contribution in [2.45, 2.75) is 49.6 Å². The molecule has 1 saturated heterocycles. The monoisotopic (exact) mass is 305 g/mol. The highest BCUT2D eigenvalue weighted by Gasteiger charge is 2.32. The Morgan fingerprint density at radius 2 is 2.10 bits per heavy atom. The standard InChI is InChI=1S/C14H19N5OS/c1-10-8-11(17-20-10)9-21-14-16-15-13(18-6-2-3-7-18)19(14)12-4-5-12/h8,12H,2-7,9H2,1H3. The van der Waals surface area contributed by atoms with E-state index in [1.807, 2.05) is 13.0 Å². The molecule has 2 fully saturated rings. The summed E-state index contributed by atoms with van der Waals surface area (Å²) in [4.78, 5) is 2.37. The van der Waals surface area contributed by atoms with Gasteiger partial charge in [-0.1, -0.05) is 16.9 Å². The van der Waals surface area contributed by atoms with Crippen LogP contribution in [0.15, 0.2) is 15.7 Å². The molecule has 2 aromatic rings. The van der Waals surface area contributed by atoms with E-state index in [0.717, 1.165) is 41.4 Å². The minimum atomic E-state index is 0.595. The highest BCUT2D eigenvalue weighted by molar-refractivity contribution is 7.98. The van der Waals surface area contributed by atoms with Crippen LogP contribution in [0.1, 0.15) is 43.2 Å². The minimum Gasteiger partial charge on any atom is -0.361 e. The number of aryl methyl sites for hydroxylation is 1. The summed E-state index contributed by atoms with van der Waals surface area (Å²) in [5.41, 5.74) is 0.963. The molecule has 0 spiro atoms. The van der Waals surface area contributed by atoms with Gasteiger partial charge in [0.05, 0.1) is 5.69 Å². The normalized spacial score (nSPS) is 18.6. The molecule has 0 bridgehead atoms. The molecule has 1 saturated carbocycles. The summed E-state index contributed by atoms with van der Waals surface area (Å²) >= 11 is 1.70. The molecule has 0 aromatic carbocycles. The molecule has 1 aliphatic carbocycles. The van der Waals surface area contributed by atoms with Gasteiger partial charge < -0.3 is 9.42 Å². The van der Waals surface area contributed by atoms with Crippen molar-refractivity contribution in [2.24, 2.45) is 0 Å². The Morgan fingerprint density at radius 1 is 1.29 bits per heavy atom. The zero-order chi connectivity index (χ0) is 14.2. The predicted molar refractivity (Wildman–Crippen MR) is 80.5 cm³/mol. The van der Waals surface area contributed by atoms with Crippen molar-refractivity contribution >= 4 is 17.7 Å². The third-order valence-electron chi connectivity index (χ3n) is 3.97. The van der Waals surface area contributed by atoms with Crippen LogP contribution in [0.5, 0.6) is 0 Å². The van der Waals surface area contributed by atoms with Gasteiger partial charge in [0.1, 0.15) is 5.76 Å². The van der Waals surface area contributed by atoms with Gasteiger partial charge in [0, 0.05) is 31.0 Å². The molecule has 1 aliphatic heterocycles. The molecule has 4 rings (SSSR count). The second kappa shape index (κ2) is 5.36. The van der Waals surface area contributed by atoms with Crippen molar-refractivity contribution < 1.29 is 4.52 Å². The van der Waals surface area contributed by atoms with Gasteiger partial charge in [-0.2, -0.15) is 0 Å². The number of rotatable bonds is 5. The lowest BCUT2D eigenvalue weighted by Crippen LogP contribution is -2.22. The number of hydrogen-bond acceptors (Lipinski definition) is 6. The van der Waals surface area contributed by atoms with Gasteiger partial charge >= 0.3 is 0 Å². The summed E-state index contributed by atoms with van der Waals surface area (Å²) in [5, 5.41) is 13.9. The Labute approximate surface area is 127 Å². The fourth-order valence-corrected chi connectivity index (χ4v) is 3.66. The SMILES string of the molecule is Cc1cc(CSc2nnc(N3CCCC3)n2C2CC2)no1. The molecular formula is C14H19N5OS. The smallest absolute Gasteiger partial charge is 0.228 e. The lowest BCUT2D eigenvalue weighted by Gasteiger charge is -2.17. The van der Waals surface area contributed by atoms with Crippen molar-refractivity contribution in [1.82, 2.24) is 19.9 Å². The zero-order valence-corrected chi connectivity index (χ0v) is 13.0. The molecule has 6 nitrogen and oxygen atoms in total. The van der Waals surface area contributed by atoms with Crippen molar-refractivity contribution in [3.63, 3.8) is 0 Å². The summed E-state index contributed by atoms with van der Waals surface area (Å²) in [6, 6.07) is 2.57. The van der Waals surface area contributed by atoms with E-state index in [1.54, 1.807) is 11.8 Å². The minimum absolute atomic E-state index is 0.595. The highest BCUT2D eigenvalue weighted by atomic mass is 32.2. The molecule has 112 valence electrons. The van der Waals surface area contributed by atoms with Crippen LogP contribution in [-0.4, -0.2) is 33.0 Å². The zero-order valence-electron chi connectivity index (χ0n) is 12.2. The second-order valence-electron chi connectivity index (χ2n) is 5.80.